The van der Waals surface area contributed by atoms with Crippen molar-refractivity contribution in [3.8, 4) is 5.69 Å². The Morgan fingerprint density at radius 1 is 1.14 bits per heavy atom. The monoisotopic (exact) mass is 606 g/mol. The van der Waals surface area contributed by atoms with E-state index in [1.807, 2.05) is 30.3 Å². The second-order valence-corrected chi connectivity index (χ2v) is 11.4. The van der Waals surface area contributed by atoms with Crippen molar-refractivity contribution in [2.45, 2.75) is 83.1 Å². The Hall–Kier alpha value is -3.63. The van der Waals surface area contributed by atoms with Gasteiger partial charge in [0, 0.05) is 11.8 Å². The van der Waals surface area contributed by atoms with E-state index in [2.05, 4.69) is 25.9 Å². The minimum absolute atomic E-state index is 0.00495. The molecule has 4 heterocycles. The van der Waals surface area contributed by atoms with E-state index in [1.54, 1.807) is 27.7 Å². The zero-order valence-electron chi connectivity index (χ0n) is 24.1. The van der Waals surface area contributed by atoms with E-state index >= 15 is 0 Å². The van der Waals surface area contributed by atoms with Crippen LogP contribution < -0.4 is 10.9 Å². The van der Waals surface area contributed by atoms with Crippen molar-refractivity contribution >= 4 is 6.09 Å². The van der Waals surface area contributed by atoms with Crippen molar-refractivity contribution in [2.24, 2.45) is 0 Å². The number of hydrogen-bond donors (Lipinski definition) is 3. The number of benzene rings is 1. The number of rotatable bonds is 5. The summed E-state index contributed by atoms with van der Waals surface area (Å²) in [6.07, 6.45) is -9.82. The lowest BCUT2D eigenvalue weighted by Gasteiger charge is -2.48. The second-order valence-electron chi connectivity index (χ2n) is 11.4. The highest BCUT2D eigenvalue weighted by molar-refractivity contribution is 5.67. The van der Waals surface area contributed by atoms with Crippen LogP contribution in [0.3, 0.4) is 0 Å². The van der Waals surface area contributed by atoms with Gasteiger partial charge in [0.2, 0.25) is 0 Å². The molecule has 43 heavy (non-hydrogen) atoms. The van der Waals surface area contributed by atoms with Gasteiger partial charge in [-0.1, -0.05) is 30.3 Å². The molecule has 2 saturated heterocycles. The number of carbonyl (C=O) groups is 1. The van der Waals surface area contributed by atoms with Crippen LogP contribution in [0.15, 0.2) is 42.6 Å². The molecule has 0 spiro atoms. The normalized spacial score (nSPS) is 26.1. The second kappa shape index (κ2) is 11.8. The van der Waals surface area contributed by atoms with Gasteiger partial charge in [-0.2, -0.15) is 18.3 Å². The highest BCUT2D eigenvalue weighted by Crippen LogP contribution is 2.40. The number of aromatic nitrogens is 4. The number of alkyl halides is 3. The summed E-state index contributed by atoms with van der Waals surface area (Å²) >= 11 is 0. The number of aliphatic hydroxyl groups excluding tert-OH is 1. The summed E-state index contributed by atoms with van der Waals surface area (Å²) in [5.74, 6) is 0.0369. The molecule has 1 unspecified atom stereocenters. The fourth-order valence-electron chi connectivity index (χ4n) is 4.97. The minimum Gasteiger partial charge on any atom is -0.443 e. The molecule has 0 bridgehead atoms. The average Bonchev–Trinajstić information content (AvgIpc) is 3.32. The van der Waals surface area contributed by atoms with Gasteiger partial charge in [-0.15, -0.1) is 0 Å². The van der Waals surface area contributed by atoms with E-state index < -0.39 is 60.3 Å². The summed E-state index contributed by atoms with van der Waals surface area (Å²) in [5, 5.41) is 15.9. The molecule has 5 rings (SSSR count). The van der Waals surface area contributed by atoms with Crippen molar-refractivity contribution in [3.05, 3.63) is 71.1 Å². The fourth-order valence-corrected chi connectivity index (χ4v) is 4.97. The summed E-state index contributed by atoms with van der Waals surface area (Å²) in [5.41, 5.74) is 4.05. The minimum atomic E-state index is -4.80. The molecular formula is C28H33F3N6O6. The molecule has 3 aromatic rings. The third-order valence-electron chi connectivity index (χ3n) is 6.72. The summed E-state index contributed by atoms with van der Waals surface area (Å²) in [4.78, 5) is 20.4. The molecule has 1 aromatic carbocycles. The highest BCUT2D eigenvalue weighted by atomic mass is 19.4. The van der Waals surface area contributed by atoms with Gasteiger partial charge in [0.1, 0.15) is 35.8 Å². The van der Waals surface area contributed by atoms with Crippen LogP contribution in [0.1, 0.15) is 61.6 Å². The number of hydrazine groups is 1. The first kappa shape index (κ1) is 30.8. The van der Waals surface area contributed by atoms with Crippen LogP contribution in [-0.4, -0.2) is 67.5 Å². The Kier molecular flexibility index (Phi) is 8.46. The van der Waals surface area contributed by atoms with Gasteiger partial charge in [-0.25, -0.2) is 24.9 Å². The number of fused-ring (bicyclic) bond motifs is 1. The Labute approximate surface area is 245 Å². The van der Waals surface area contributed by atoms with Crippen LogP contribution in [0.5, 0.6) is 0 Å². The molecule has 0 saturated carbocycles. The number of aryl methyl sites for hydroxylation is 2. The third-order valence-corrected chi connectivity index (χ3v) is 6.72. The third kappa shape index (κ3) is 6.80. The maximum atomic E-state index is 14.0. The molecule has 232 valence electrons. The SMILES string of the molecule is Cc1cnc(C(F)(F)F)c(-n2nc(C)nc2[C@@H]2O[C@@H]3COC(c4ccccc4)O[C@@H]3[C@H](NNC(=O)OC(C)(C)C)[C@H]2O)c1. The van der Waals surface area contributed by atoms with E-state index in [0.29, 0.717) is 5.56 Å². The highest BCUT2D eigenvalue weighted by Gasteiger charge is 2.52. The number of aliphatic hydroxyl groups is 1. The first-order chi connectivity index (χ1) is 20.2. The van der Waals surface area contributed by atoms with Crippen LogP contribution in [0.4, 0.5) is 18.0 Å². The Morgan fingerprint density at radius 2 is 1.86 bits per heavy atom. The van der Waals surface area contributed by atoms with Gasteiger partial charge in [-0.05, 0) is 46.2 Å². The number of carbonyl (C=O) groups excluding carboxylic acids is 1. The topological polar surface area (TPSA) is 142 Å². The van der Waals surface area contributed by atoms with Crippen LogP contribution in [-0.2, 0) is 25.1 Å². The number of ether oxygens (including phenoxy) is 4. The van der Waals surface area contributed by atoms with E-state index in [4.69, 9.17) is 18.9 Å². The first-order valence-electron chi connectivity index (χ1n) is 13.6. The van der Waals surface area contributed by atoms with Gasteiger partial charge in [0.05, 0.1) is 18.3 Å². The molecule has 0 aliphatic carbocycles. The van der Waals surface area contributed by atoms with Crippen LogP contribution in [0, 0.1) is 13.8 Å². The number of halogens is 3. The van der Waals surface area contributed by atoms with Gasteiger partial charge in [0.25, 0.3) is 0 Å². The van der Waals surface area contributed by atoms with Gasteiger partial charge < -0.3 is 24.1 Å². The lowest BCUT2D eigenvalue weighted by Crippen LogP contribution is -2.66. The van der Waals surface area contributed by atoms with Crippen molar-refractivity contribution < 1.29 is 42.0 Å². The quantitative estimate of drug-likeness (QED) is 0.369. The molecule has 0 radical (unpaired) electrons. The predicted molar refractivity (Wildman–Crippen MR) is 144 cm³/mol. The molecule has 2 aliphatic rings. The van der Waals surface area contributed by atoms with Crippen molar-refractivity contribution in [1.82, 2.24) is 30.6 Å². The van der Waals surface area contributed by atoms with E-state index in [0.717, 1.165) is 16.4 Å². The lowest BCUT2D eigenvalue weighted by molar-refractivity contribution is -0.313. The van der Waals surface area contributed by atoms with Gasteiger partial charge in [0.15, 0.2) is 17.8 Å². The summed E-state index contributed by atoms with van der Waals surface area (Å²) in [7, 11) is 0. The van der Waals surface area contributed by atoms with E-state index in [1.165, 1.54) is 13.0 Å². The number of nitrogens with zero attached hydrogens (tertiary/aromatic N) is 4. The molecule has 15 heteroatoms. The van der Waals surface area contributed by atoms with E-state index in [9.17, 15) is 23.1 Å². The molecule has 2 aliphatic heterocycles. The Balaban J connectivity index is 1.50. The predicted octanol–water partition coefficient (Wildman–Crippen LogP) is 3.61. The lowest BCUT2D eigenvalue weighted by atomic mass is 9.91. The zero-order chi connectivity index (χ0) is 31.1. The van der Waals surface area contributed by atoms with Gasteiger partial charge in [-0.3, -0.25) is 5.43 Å². The average molecular weight is 607 g/mol. The summed E-state index contributed by atoms with van der Waals surface area (Å²) in [6, 6.07) is 9.34. The Bertz CT molecular complexity index is 1450. The molecule has 2 fully saturated rings. The fraction of sp³-hybridized carbons (Fsp3) is 0.500. The molecular weight excluding hydrogens is 573 g/mol. The number of amides is 1. The largest absolute Gasteiger partial charge is 0.443 e. The summed E-state index contributed by atoms with van der Waals surface area (Å²) in [6.45, 7) is 8.19. The first-order valence-corrected chi connectivity index (χ1v) is 13.6. The number of nitrogens with one attached hydrogen (secondary N) is 2. The molecule has 6 atom stereocenters. The smallest absolute Gasteiger partial charge is 0.435 e. The van der Waals surface area contributed by atoms with Crippen molar-refractivity contribution in [3.63, 3.8) is 0 Å². The molecule has 1 amide bonds. The standard InChI is InChI=1S/C28H33F3N6O6/c1-14-11-17(23(32-12-14)28(29,30)31)37-24(33-15(2)36-37)22-20(38)19(34-35-26(39)43-27(3,4)5)21-18(41-22)13-40-25(42-21)16-9-7-6-8-10-16/h6-12,18-22,25,34,38H,13H2,1-5H3,(H,35,39)/t18-,19-,20-,21+,22-,25?/m1/s1. The van der Waals surface area contributed by atoms with Crippen molar-refractivity contribution in [1.29, 1.82) is 0 Å². The maximum Gasteiger partial charge on any atom is 0.435 e. The number of pyridine rings is 1. The van der Waals surface area contributed by atoms with Crippen LogP contribution >= 0.6 is 0 Å². The maximum absolute atomic E-state index is 14.0. The van der Waals surface area contributed by atoms with Gasteiger partial charge >= 0.3 is 12.3 Å². The molecule has 3 N–H and O–H groups in total. The van der Waals surface area contributed by atoms with E-state index in [-0.39, 0.29) is 23.9 Å². The summed E-state index contributed by atoms with van der Waals surface area (Å²) < 4.78 is 66.6. The van der Waals surface area contributed by atoms with Crippen LogP contribution in [0.2, 0.25) is 0 Å². The molecule has 12 nitrogen and oxygen atoms in total. The van der Waals surface area contributed by atoms with Crippen LogP contribution in [0.25, 0.3) is 5.69 Å². The number of hydrogen-bond acceptors (Lipinski definition) is 10. The zero-order valence-corrected chi connectivity index (χ0v) is 24.1. The Morgan fingerprint density at radius 3 is 2.53 bits per heavy atom. The van der Waals surface area contributed by atoms with Crippen molar-refractivity contribution in [2.75, 3.05) is 6.61 Å². The molecule has 2 aromatic heterocycles.